The Balaban J connectivity index is 2.39. The summed E-state index contributed by atoms with van der Waals surface area (Å²) in [7, 11) is 0. The number of nitrogens with zero attached hydrogens (tertiary/aromatic N) is 2. The number of allylic oxidation sites excluding steroid dienone is 2. The van der Waals surface area contributed by atoms with Crippen LogP contribution in [0.1, 0.15) is 6.42 Å². The highest BCUT2D eigenvalue weighted by molar-refractivity contribution is 6.19. The minimum Gasteiger partial charge on any atom is -0.198 e. The van der Waals surface area contributed by atoms with Crippen molar-refractivity contribution in [2.75, 3.05) is 0 Å². The van der Waals surface area contributed by atoms with Crippen LogP contribution in [0.3, 0.4) is 0 Å². The van der Waals surface area contributed by atoms with Crippen LogP contribution < -0.4 is 5.53 Å². The van der Waals surface area contributed by atoms with Crippen molar-refractivity contribution in [3.05, 3.63) is 11.6 Å². The predicted octanol–water partition coefficient (Wildman–Crippen LogP) is 0.262. The van der Waals surface area contributed by atoms with Gasteiger partial charge in [-0.1, -0.05) is 0 Å². The molecule has 0 saturated heterocycles. The highest BCUT2D eigenvalue weighted by Gasteiger charge is 2.23. The van der Waals surface area contributed by atoms with Gasteiger partial charge in [-0.3, -0.25) is 0 Å². The van der Waals surface area contributed by atoms with Crippen molar-refractivity contribution in [2.45, 2.75) is 6.42 Å². The zero-order valence-electron chi connectivity index (χ0n) is 4.26. The lowest BCUT2D eigenvalue weighted by Crippen LogP contribution is -1.91. The molecule has 1 aliphatic carbocycles. The molecule has 0 aromatic carbocycles. The van der Waals surface area contributed by atoms with Crippen LogP contribution in [0.15, 0.2) is 21.9 Å². The molecule has 1 heterocycles. The molecule has 0 amide bonds. The van der Waals surface area contributed by atoms with Crippen LogP contribution in [0.4, 0.5) is 0 Å². The molecule has 0 aromatic heterocycles. The minimum atomic E-state index is 1.04. The zero-order valence-corrected chi connectivity index (χ0v) is 4.26. The Bertz CT molecular complexity index is 200. The Labute approximate surface area is 46.8 Å². The first-order valence-electron chi connectivity index (χ1n) is 2.51. The summed E-state index contributed by atoms with van der Waals surface area (Å²) in [5.74, 6) is 0. The SMILES string of the molecule is C1=NNN=C2CC2=C1. The number of fused-ring (bicyclic) bond motifs is 1. The molecule has 3 nitrogen and oxygen atoms in total. The third kappa shape index (κ3) is 0.443. The van der Waals surface area contributed by atoms with E-state index in [4.69, 9.17) is 0 Å². The third-order valence-electron chi connectivity index (χ3n) is 1.20. The highest BCUT2D eigenvalue weighted by atomic mass is 15.5. The summed E-state index contributed by atoms with van der Waals surface area (Å²) in [5, 5.41) is 7.61. The van der Waals surface area contributed by atoms with Crippen LogP contribution >= 0.6 is 0 Å². The summed E-state index contributed by atoms with van der Waals surface area (Å²) in [6.07, 6.45) is 4.73. The summed E-state index contributed by atoms with van der Waals surface area (Å²) >= 11 is 0. The smallest absolute Gasteiger partial charge is 0.0704 e. The van der Waals surface area contributed by atoms with Gasteiger partial charge in [0.05, 0.1) is 5.71 Å². The van der Waals surface area contributed by atoms with E-state index in [1.165, 1.54) is 5.57 Å². The summed E-state index contributed by atoms with van der Waals surface area (Å²) < 4.78 is 0. The van der Waals surface area contributed by atoms with E-state index in [-0.39, 0.29) is 0 Å². The Morgan fingerprint density at radius 2 is 2.62 bits per heavy atom. The first-order chi connectivity index (χ1) is 3.97. The van der Waals surface area contributed by atoms with Crippen LogP contribution in [0, 0.1) is 0 Å². The Morgan fingerprint density at radius 1 is 1.62 bits per heavy atom. The molecule has 1 N–H and O–H groups in total. The molecule has 0 unspecified atom stereocenters. The molecular formula is C5H5N3. The van der Waals surface area contributed by atoms with Crippen LogP contribution in [-0.4, -0.2) is 11.9 Å². The summed E-state index contributed by atoms with van der Waals surface area (Å²) in [6.45, 7) is 0. The molecule has 1 aliphatic heterocycles. The van der Waals surface area contributed by atoms with E-state index in [0.29, 0.717) is 0 Å². The molecule has 40 valence electrons. The fourth-order valence-corrected chi connectivity index (χ4v) is 0.652. The highest BCUT2D eigenvalue weighted by Crippen LogP contribution is 2.23. The van der Waals surface area contributed by atoms with Crippen molar-refractivity contribution in [1.82, 2.24) is 5.53 Å². The van der Waals surface area contributed by atoms with Gasteiger partial charge in [0.25, 0.3) is 0 Å². The molecule has 0 radical (unpaired) electrons. The van der Waals surface area contributed by atoms with Crippen molar-refractivity contribution < 1.29 is 0 Å². The third-order valence-corrected chi connectivity index (χ3v) is 1.20. The number of hydrogen-bond donors (Lipinski definition) is 1. The number of hydrogen-bond acceptors (Lipinski definition) is 3. The van der Waals surface area contributed by atoms with Crippen LogP contribution in [-0.2, 0) is 0 Å². The van der Waals surface area contributed by atoms with Gasteiger partial charge in [0.2, 0.25) is 0 Å². The van der Waals surface area contributed by atoms with E-state index in [1.807, 2.05) is 6.08 Å². The predicted molar refractivity (Wildman–Crippen MR) is 31.8 cm³/mol. The quantitative estimate of drug-likeness (QED) is 0.473. The van der Waals surface area contributed by atoms with Crippen molar-refractivity contribution in [1.29, 1.82) is 0 Å². The molecule has 8 heavy (non-hydrogen) atoms. The van der Waals surface area contributed by atoms with E-state index >= 15 is 0 Å². The van der Waals surface area contributed by atoms with Gasteiger partial charge in [0.15, 0.2) is 0 Å². The molecule has 0 spiro atoms. The monoisotopic (exact) mass is 107 g/mol. The molecule has 1 saturated carbocycles. The Kier molecular flexibility index (Phi) is 0.566. The molecule has 3 heteroatoms. The fraction of sp³-hybridized carbons (Fsp3) is 0.200. The second-order valence-corrected chi connectivity index (χ2v) is 1.81. The van der Waals surface area contributed by atoms with Gasteiger partial charge < -0.3 is 0 Å². The lowest BCUT2D eigenvalue weighted by atomic mass is 10.5. The minimum absolute atomic E-state index is 1.04. The number of rotatable bonds is 0. The van der Waals surface area contributed by atoms with Gasteiger partial charge >= 0.3 is 0 Å². The Morgan fingerprint density at radius 3 is 3.62 bits per heavy atom. The average molecular weight is 107 g/mol. The van der Waals surface area contributed by atoms with Gasteiger partial charge in [-0.15, -0.1) is 0 Å². The maximum absolute atomic E-state index is 3.90. The maximum Gasteiger partial charge on any atom is 0.0704 e. The van der Waals surface area contributed by atoms with E-state index in [1.54, 1.807) is 6.21 Å². The molecule has 2 rings (SSSR count). The van der Waals surface area contributed by atoms with E-state index in [2.05, 4.69) is 15.7 Å². The van der Waals surface area contributed by atoms with E-state index < -0.39 is 0 Å². The van der Waals surface area contributed by atoms with Crippen molar-refractivity contribution in [3.63, 3.8) is 0 Å². The van der Waals surface area contributed by atoms with Gasteiger partial charge in [-0.25, -0.2) is 0 Å². The Hall–Kier alpha value is -1.12. The number of hydrazone groups is 2. The van der Waals surface area contributed by atoms with Crippen molar-refractivity contribution in [2.24, 2.45) is 10.2 Å². The van der Waals surface area contributed by atoms with Gasteiger partial charge in [-0.2, -0.15) is 15.7 Å². The first kappa shape index (κ1) is 3.83. The summed E-state index contributed by atoms with van der Waals surface area (Å²) in [5.41, 5.74) is 4.99. The molecule has 0 bridgehead atoms. The standard InChI is InChI=1S/C5H5N3/c1-2-6-8-7-5-3-4(1)5/h1-2,8H,3H2. The van der Waals surface area contributed by atoms with E-state index in [9.17, 15) is 0 Å². The molecule has 2 aliphatic rings. The zero-order chi connectivity index (χ0) is 5.40. The van der Waals surface area contributed by atoms with E-state index in [0.717, 1.165) is 12.1 Å². The fourth-order valence-electron chi connectivity index (χ4n) is 0.652. The second kappa shape index (κ2) is 1.18. The van der Waals surface area contributed by atoms with Gasteiger partial charge in [0.1, 0.15) is 0 Å². The molecule has 0 aromatic rings. The maximum atomic E-state index is 3.90. The molecule has 0 atom stereocenters. The normalized spacial score (nSPS) is 22.0. The largest absolute Gasteiger partial charge is 0.198 e. The number of nitrogens with one attached hydrogen (secondary N) is 1. The van der Waals surface area contributed by atoms with Gasteiger partial charge in [0, 0.05) is 12.6 Å². The summed E-state index contributed by atoms with van der Waals surface area (Å²) in [4.78, 5) is 0. The first-order valence-corrected chi connectivity index (χ1v) is 2.51. The lowest BCUT2D eigenvalue weighted by Gasteiger charge is -1.80. The van der Waals surface area contributed by atoms with Crippen molar-refractivity contribution >= 4 is 11.9 Å². The van der Waals surface area contributed by atoms with Crippen LogP contribution in [0.2, 0.25) is 0 Å². The van der Waals surface area contributed by atoms with Crippen molar-refractivity contribution in [3.8, 4) is 0 Å². The second-order valence-electron chi connectivity index (χ2n) is 1.81. The average Bonchev–Trinajstić information content (AvgIpc) is 2.36. The lowest BCUT2D eigenvalue weighted by molar-refractivity contribution is 0.818. The topological polar surface area (TPSA) is 36.8 Å². The van der Waals surface area contributed by atoms with Crippen LogP contribution in [0.25, 0.3) is 0 Å². The van der Waals surface area contributed by atoms with Gasteiger partial charge in [-0.05, 0) is 11.6 Å². The molecular weight excluding hydrogens is 102 g/mol. The summed E-state index contributed by atoms with van der Waals surface area (Å²) in [6, 6.07) is 0. The van der Waals surface area contributed by atoms with Crippen LogP contribution in [0.5, 0.6) is 0 Å². The molecule has 1 fully saturated rings.